The maximum Gasteiger partial charge on any atom is 0.416 e. The van der Waals surface area contributed by atoms with E-state index in [9.17, 15) is 27.2 Å². The fourth-order valence-corrected chi connectivity index (χ4v) is 3.49. The van der Waals surface area contributed by atoms with Crippen molar-refractivity contribution < 1.29 is 27.2 Å². The van der Waals surface area contributed by atoms with Gasteiger partial charge in [-0.3, -0.25) is 9.59 Å². The molecule has 3 aromatic rings. The van der Waals surface area contributed by atoms with Gasteiger partial charge in [0, 0.05) is 37.5 Å². The van der Waals surface area contributed by atoms with E-state index in [1.165, 1.54) is 6.07 Å². The largest absolute Gasteiger partial charge is 0.416 e. The topological polar surface area (TPSA) is 102 Å². The van der Waals surface area contributed by atoms with Crippen molar-refractivity contribution in [3.8, 4) is 0 Å². The van der Waals surface area contributed by atoms with Crippen LogP contribution in [0, 0.1) is 5.82 Å². The molecule has 0 saturated carbocycles. The molecule has 3 N–H and O–H groups in total. The molecule has 1 amide bonds. The van der Waals surface area contributed by atoms with Crippen LogP contribution in [0.2, 0.25) is 0 Å². The van der Waals surface area contributed by atoms with E-state index in [0.717, 1.165) is 24.5 Å². The quantitative estimate of drug-likeness (QED) is 0.175. The molecule has 2 aromatic carbocycles. The molecule has 206 valence electrons. The van der Waals surface area contributed by atoms with Crippen LogP contribution in [0.1, 0.15) is 15.9 Å². The number of amides is 1. The zero-order valence-corrected chi connectivity index (χ0v) is 21.4. The highest BCUT2D eigenvalue weighted by atomic mass is 19.4. The van der Waals surface area contributed by atoms with Gasteiger partial charge in [0.1, 0.15) is 23.8 Å². The molecule has 0 atom stereocenters. The maximum absolute atomic E-state index is 13.8. The van der Waals surface area contributed by atoms with Gasteiger partial charge in [-0.05, 0) is 50.5 Å². The van der Waals surface area contributed by atoms with Crippen molar-refractivity contribution in [1.29, 1.82) is 0 Å². The molecule has 0 aliphatic carbocycles. The van der Waals surface area contributed by atoms with Gasteiger partial charge in [-0.15, -0.1) is 0 Å². The summed E-state index contributed by atoms with van der Waals surface area (Å²) in [5, 5.41) is 8.32. The molecule has 39 heavy (non-hydrogen) atoms. The standard InChI is InChI=1S/C26H27F4N7O2/c1-5-25(39)35-21-12-20(16(14-38)8-22(21)37(4)7-6-36(2)3)34-24-13-23(31-15-32-24)33-19-10-17(26(28,29)30)9-18(27)11-19/h5,8-15H,1,6-7H2,2-4H3,(H,35,39)(H2,31,32,33,34). The lowest BCUT2D eigenvalue weighted by molar-refractivity contribution is -0.137. The van der Waals surface area contributed by atoms with Crippen LogP contribution in [0.25, 0.3) is 0 Å². The minimum Gasteiger partial charge on any atom is -0.372 e. The van der Waals surface area contributed by atoms with Gasteiger partial charge in [-0.25, -0.2) is 14.4 Å². The SMILES string of the molecule is C=CC(=O)Nc1cc(Nc2cc(Nc3cc(F)cc(C(F)(F)F)c3)ncn2)c(C=O)cc1N(C)CCN(C)C. The van der Waals surface area contributed by atoms with Crippen molar-refractivity contribution in [1.82, 2.24) is 14.9 Å². The number of nitrogens with zero attached hydrogens (tertiary/aromatic N) is 4. The Bertz CT molecular complexity index is 1360. The molecule has 9 nitrogen and oxygen atoms in total. The number of benzene rings is 2. The molecular weight excluding hydrogens is 518 g/mol. The van der Waals surface area contributed by atoms with E-state index in [1.54, 1.807) is 12.1 Å². The van der Waals surface area contributed by atoms with E-state index >= 15 is 0 Å². The smallest absolute Gasteiger partial charge is 0.372 e. The first-order chi connectivity index (χ1) is 18.4. The predicted octanol–water partition coefficient (Wildman–Crippen LogP) is 5.06. The average Bonchev–Trinajstić information content (AvgIpc) is 2.86. The van der Waals surface area contributed by atoms with Crippen LogP contribution in [-0.2, 0) is 11.0 Å². The molecule has 1 aromatic heterocycles. The van der Waals surface area contributed by atoms with Gasteiger partial charge in [-0.2, -0.15) is 13.2 Å². The summed E-state index contributed by atoms with van der Waals surface area (Å²) in [5.74, 6) is -1.28. The molecule has 0 unspecified atom stereocenters. The molecule has 0 radical (unpaired) electrons. The lowest BCUT2D eigenvalue weighted by Crippen LogP contribution is -2.29. The van der Waals surface area contributed by atoms with Crippen LogP contribution in [0.4, 0.5) is 51.9 Å². The van der Waals surface area contributed by atoms with Gasteiger partial charge in [0.05, 0.1) is 22.6 Å². The van der Waals surface area contributed by atoms with Crippen molar-refractivity contribution in [3.63, 3.8) is 0 Å². The third kappa shape index (κ3) is 7.98. The summed E-state index contributed by atoms with van der Waals surface area (Å²) in [6.45, 7) is 4.79. The number of aromatic nitrogens is 2. The number of anilines is 6. The Morgan fingerprint density at radius 1 is 0.974 bits per heavy atom. The number of carbonyl (C=O) groups is 2. The summed E-state index contributed by atoms with van der Waals surface area (Å²) in [6.07, 6.45) is -1.84. The maximum atomic E-state index is 13.8. The first-order valence-electron chi connectivity index (χ1n) is 11.6. The highest BCUT2D eigenvalue weighted by molar-refractivity contribution is 6.03. The summed E-state index contributed by atoms with van der Waals surface area (Å²) in [4.78, 5) is 36.0. The molecule has 0 saturated heterocycles. The number of hydrogen-bond acceptors (Lipinski definition) is 8. The highest BCUT2D eigenvalue weighted by Crippen LogP contribution is 2.34. The first kappa shape index (κ1) is 29.0. The van der Waals surface area contributed by atoms with Crippen molar-refractivity contribution in [2.75, 3.05) is 55.1 Å². The molecule has 3 rings (SSSR count). The highest BCUT2D eigenvalue weighted by Gasteiger charge is 2.31. The summed E-state index contributed by atoms with van der Waals surface area (Å²) in [7, 11) is 5.67. The molecule has 13 heteroatoms. The van der Waals surface area contributed by atoms with Crippen LogP contribution in [0.3, 0.4) is 0 Å². The lowest BCUT2D eigenvalue weighted by atomic mass is 10.1. The Morgan fingerprint density at radius 3 is 2.28 bits per heavy atom. The van der Waals surface area contributed by atoms with Gasteiger partial charge in [0.25, 0.3) is 0 Å². The molecule has 0 aliphatic heterocycles. The van der Waals surface area contributed by atoms with Crippen LogP contribution >= 0.6 is 0 Å². The van der Waals surface area contributed by atoms with Gasteiger partial charge in [0.15, 0.2) is 6.29 Å². The van der Waals surface area contributed by atoms with Crippen molar-refractivity contribution in [3.05, 3.63) is 72.3 Å². The van der Waals surface area contributed by atoms with E-state index in [1.807, 2.05) is 30.9 Å². The number of hydrogen-bond donors (Lipinski definition) is 3. The Labute approximate surface area is 222 Å². The van der Waals surface area contributed by atoms with Crippen LogP contribution < -0.4 is 20.9 Å². The second kappa shape index (κ2) is 12.3. The van der Waals surface area contributed by atoms with Crippen LogP contribution in [-0.4, -0.2) is 61.3 Å². The van der Waals surface area contributed by atoms with E-state index in [2.05, 4.69) is 32.5 Å². The minimum absolute atomic E-state index is 0.0686. The Hall–Kier alpha value is -4.52. The molecule has 0 spiro atoms. The third-order valence-corrected chi connectivity index (χ3v) is 5.46. The zero-order valence-electron chi connectivity index (χ0n) is 21.4. The average molecular weight is 546 g/mol. The Morgan fingerprint density at radius 2 is 1.67 bits per heavy atom. The summed E-state index contributed by atoms with van der Waals surface area (Å²) >= 11 is 0. The van der Waals surface area contributed by atoms with E-state index in [0.29, 0.717) is 42.5 Å². The second-order valence-electron chi connectivity index (χ2n) is 8.76. The fraction of sp³-hybridized carbons (Fsp3) is 0.231. The number of aldehydes is 1. The summed E-state index contributed by atoms with van der Waals surface area (Å²) in [5.41, 5.74) is 0.227. The van der Waals surface area contributed by atoms with Gasteiger partial charge in [0.2, 0.25) is 5.91 Å². The van der Waals surface area contributed by atoms with E-state index < -0.39 is 23.5 Å². The monoisotopic (exact) mass is 545 g/mol. The third-order valence-electron chi connectivity index (χ3n) is 5.46. The molecule has 0 bridgehead atoms. The molecular formula is C26H27F4N7O2. The number of rotatable bonds is 11. The van der Waals surface area contributed by atoms with Crippen LogP contribution in [0.5, 0.6) is 0 Å². The molecule has 0 aliphatic rings. The van der Waals surface area contributed by atoms with Crippen molar-refractivity contribution in [2.24, 2.45) is 0 Å². The molecule has 0 fully saturated rings. The van der Waals surface area contributed by atoms with E-state index in [-0.39, 0.29) is 22.9 Å². The zero-order chi connectivity index (χ0) is 28.7. The number of carbonyl (C=O) groups excluding carboxylic acids is 2. The van der Waals surface area contributed by atoms with Gasteiger partial charge in [-0.1, -0.05) is 6.58 Å². The second-order valence-corrected chi connectivity index (χ2v) is 8.76. The van der Waals surface area contributed by atoms with Crippen molar-refractivity contribution >= 4 is 46.6 Å². The van der Waals surface area contributed by atoms with Gasteiger partial charge < -0.3 is 25.8 Å². The van der Waals surface area contributed by atoms with E-state index in [4.69, 9.17) is 0 Å². The van der Waals surface area contributed by atoms with Crippen molar-refractivity contribution in [2.45, 2.75) is 6.18 Å². The Balaban J connectivity index is 1.93. The number of nitrogens with one attached hydrogen (secondary N) is 3. The summed E-state index contributed by atoms with van der Waals surface area (Å²) < 4.78 is 53.0. The first-order valence-corrected chi connectivity index (χ1v) is 11.6. The lowest BCUT2D eigenvalue weighted by Gasteiger charge is -2.25. The fourth-order valence-electron chi connectivity index (χ4n) is 3.49. The predicted molar refractivity (Wildman–Crippen MR) is 142 cm³/mol. The number of alkyl halides is 3. The number of likely N-dealkylation sites (N-methyl/N-ethyl adjacent to an activating group) is 2. The number of halogens is 4. The normalized spacial score (nSPS) is 11.2. The minimum atomic E-state index is -4.73. The summed E-state index contributed by atoms with van der Waals surface area (Å²) in [6, 6.07) is 6.58. The Kier molecular flexibility index (Phi) is 9.20. The van der Waals surface area contributed by atoms with Crippen LogP contribution in [0.15, 0.2) is 55.4 Å². The molecule has 1 heterocycles. The van der Waals surface area contributed by atoms with Gasteiger partial charge >= 0.3 is 6.18 Å².